The van der Waals surface area contributed by atoms with E-state index >= 15 is 0 Å². The van der Waals surface area contributed by atoms with Gasteiger partial charge in [0.2, 0.25) is 6.79 Å². The fraction of sp³-hybridized carbons (Fsp3) is 0.467. The number of esters is 1. The second-order valence-electron chi connectivity index (χ2n) is 5.97. The van der Waals surface area contributed by atoms with E-state index in [0.717, 1.165) is 12.5 Å². The van der Waals surface area contributed by atoms with Gasteiger partial charge in [0.05, 0.1) is 6.10 Å². The molecule has 1 aliphatic carbocycles. The Labute approximate surface area is 137 Å². The number of halogens is 1. The minimum absolute atomic E-state index is 0.0176. The summed E-state index contributed by atoms with van der Waals surface area (Å²) in [6.07, 6.45) is -0.660. The van der Waals surface area contributed by atoms with Gasteiger partial charge in [0.25, 0.3) is 0 Å². The molecule has 128 valence electrons. The zero-order chi connectivity index (χ0) is 17.4. The topological polar surface area (TPSA) is 91.3 Å². The van der Waals surface area contributed by atoms with E-state index in [1.807, 2.05) is 0 Å². The van der Waals surface area contributed by atoms with Gasteiger partial charge in [0.15, 0.2) is 0 Å². The molecule has 7 nitrogen and oxygen atoms in total. The molecule has 9 heteroatoms. The van der Waals surface area contributed by atoms with E-state index in [4.69, 9.17) is 14.1 Å². The van der Waals surface area contributed by atoms with Crippen molar-refractivity contribution in [2.45, 2.75) is 38.1 Å². The Morgan fingerprint density at radius 1 is 1.42 bits per heavy atom. The Morgan fingerprint density at radius 2 is 2.17 bits per heavy atom. The van der Waals surface area contributed by atoms with Gasteiger partial charge in [0.1, 0.15) is 17.1 Å². The zero-order valence-electron chi connectivity index (χ0n) is 13.2. The molecule has 0 bridgehead atoms. The van der Waals surface area contributed by atoms with Crippen LogP contribution in [-0.2, 0) is 14.2 Å². The maximum Gasteiger partial charge on any atom is 0.526 e. The Morgan fingerprint density at radius 3 is 2.88 bits per heavy atom. The molecule has 3 rings (SSSR count). The monoisotopic (exact) mass is 338 g/mol. The zero-order valence-corrected chi connectivity index (χ0v) is 13.2. The van der Waals surface area contributed by atoms with Crippen molar-refractivity contribution in [3.63, 3.8) is 0 Å². The molecule has 0 unspecified atom stereocenters. The summed E-state index contributed by atoms with van der Waals surface area (Å²) in [6, 6.07) is 2.69. The number of carbonyl (C=O) groups is 2. The Balaban J connectivity index is 1.69. The van der Waals surface area contributed by atoms with E-state index in [1.54, 1.807) is 13.8 Å². The Hall–Kier alpha value is -2.29. The number of hydrogen-bond acceptors (Lipinski definition) is 7. The van der Waals surface area contributed by atoms with E-state index in [9.17, 15) is 19.0 Å². The maximum absolute atomic E-state index is 14.1. The van der Waals surface area contributed by atoms with Crippen LogP contribution in [0.4, 0.5) is 9.18 Å². The van der Waals surface area contributed by atoms with Gasteiger partial charge in [-0.1, -0.05) is 6.07 Å². The molecule has 1 aliphatic heterocycles. The van der Waals surface area contributed by atoms with Crippen molar-refractivity contribution in [1.82, 2.24) is 0 Å². The molecule has 1 N–H and O–H groups in total. The summed E-state index contributed by atoms with van der Waals surface area (Å²) in [7, 11) is -1.08. The van der Waals surface area contributed by atoms with Gasteiger partial charge in [0, 0.05) is 5.82 Å². The molecule has 1 heterocycles. The van der Waals surface area contributed by atoms with Gasteiger partial charge in [-0.2, -0.15) is 0 Å². The third-order valence-electron chi connectivity index (χ3n) is 3.88. The van der Waals surface area contributed by atoms with Crippen molar-refractivity contribution in [2.75, 3.05) is 6.79 Å². The summed E-state index contributed by atoms with van der Waals surface area (Å²) in [4.78, 5) is 23.3. The predicted molar refractivity (Wildman–Crippen MR) is 79.1 cm³/mol. The first kappa shape index (κ1) is 16.6. The smallest absolute Gasteiger partial charge is 0.526 e. The van der Waals surface area contributed by atoms with Gasteiger partial charge in [-0.05, 0) is 37.8 Å². The lowest BCUT2D eigenvalue weighted by Crippen LogP contribution is -2.28. The molecule has 1 saturated carbocycles. The minimum atomic E-state index is -1.08. The van der Waals surface area contributed by atoms with Crippen LogP contribution < -0.4 is 4.65 Å². The van der Waals surface area contributed by atoms with Crippen molar-refractivity contribution in [1.29, 1.82) is 0 Å². The van der Waals surface area contributed by atoms with Crippen molar-refractivity contribution in [2.24, 2.45) is 0 Å². The molecule has 0 radical (unpaired) electrons. The molecule has 1 aromatic rings. The van der Waals surface area contributed by atoms with E-state index in [2.05, 4.69) is 4.74 Å². The van der Waals surface area contributed by atoms with E-state index in [-0.39, 0.29) is 23.6 Å². The highest BCUT2D eigenvalue weighted by Crippen LogP contribution is 2.60. The average molecular weight is 338 g/mol. The van der Waals surface area contributed by atoms with Gasteiger partial charge >= 0.3 is 19.2 Å². The number of ether oxygens (including phenoxy) is 3. The first-order chi connectivity index (χ1) is 11.4. The molecule has 1 fully saturated rings. The summed E-state index contributed by atoms with van der Waals surface area (Å²) in [5.41, 5.74) is 0.247. The summed E-state index contributed by atoms with van der Waals surface area (Å²) < 4.78 is 33.4. The minimum Gasteiger partial charge on any atom is -0.535 e. The van der Waals surface area contributed by atoms with Gasteiger partial charge in [-0.3, -0.25) is 0 Å². The molecule has 0 spiro atoms. The summed E-state index contributed by atoms with van der Waals surface area (Å²) in [6.45, 7) is 2.54. The van der Waals surface area contributed by atoms with Gasteiger partial charge in [-0.15, -0.1) is 0 Å². The van der Waals surface area contributed by atoms with E-state index < -0.39 is 37.4 Å². The Kier molecular flexibility index (Phi) is 4.36. The largest absolute Gasteiger partial charge is 0.535 e. The lowest BCUT2D eigenvalue weighted by atomic mass is 9.77. The van der Waals surface area contributed by atoms with Crippen LogP contribution in [0.2, 0.25) is 5.82 Å². The number of benzene rings is 1. The number of rotatable bonds is 4. The van der Waals surface area contributed by atoms with Crippen LogP contribution in [0.3, 0.4) is 0 Å². The number of carbonyl (C=O) groups excluding carboxylic acids is 2. The van der Waals surface area contributed by atoms with Crippen LogP contribution in [0.1, 0.15) is 42.1 Å². The molecule has 0 aromatic heterocycles. The fourth-order valence-corrected chi connectivity index (χ4v) is 2.71. The standard InChI is InChI=1S/C15H16BFO7/c1-7(2)23-15(19)22-6-21-14(18)12-11(17)4-3-8-9-5-10(9)16(20)24-13(8)12/h3-4,7,9-10,20H,5-6H2,1-2H3/t9-,10-/m1/s1. The highest BCUT2D eigenvalue weighted by molar-refractivity contribution is 6.48. The van der Waals surface area contributed by atoms with Crippen LogP contribution in [0, 0.1) is 5.82 Å². The molecular weight excluding hydrogens is 322 g/mol. The van der Waals surface area contributed by atoms with Gasteiger partial charge < -0.3 is 23.9 Å². The lowest BCUT2D eigenvalue weighted by molar-refractivity contribution is -0.0347. The van der Waals surface area contributed by atoms with Crippen LogP contribution in [0.5, 0.6) is 5.75 Å². The molecule has 2 aliphatic rings. The maximum atomic E-state index is 14.1. The second kappa shape index (κ2) is 6.31. The van der Waals surface area contributed by atoms with Crippen LogP contribution in [0.15, 0.2) is 12.1 Å². The SMILES string of the molecule is CC(C)OC(=O)OCOC(=O)c1c(F)ccc2c1OB(O)[C@@H]1C[C@H]21. The van der Waals surface area contributed by atoms with Crippen LogP contribution in [-0.4, -0.2) is 37.2 Å². The fourth-order valence-electron chi connectivity index (χ4n) is 2.71. The molecule has 24 heavy (non-hydrogen) atoms. The quantitative estimate of drug-likeness (QED) is 0.511. The summed E-state index contributed by atoms with van der Waals surface area (Å²) in [5.74, 6) is -1.88. The number of fused-ring (bicyclic) bond motifs is 3. The lowest BCUT2D eigenvalue weighted by Gasteiger charge is -2.21. The average Bonchev–Trinajstić information content (AvgIpc) is 3.27. The normalized spacial score (nSPS) is 20.6. The van der Waals surface area contributed by atoms with Crippen LogP contribution >= 0.6 is 0 Å². The second-order valence-corrected chi connectivity index (χ2v) is 5.97. The molecular formula is C15H16BFO7. The molecule has 0 saturated heterocycles. The molecule has 1 aromatic carbocycles. The van der Waals surface area contributed by atoms with Crippen molar-refractivity contribution < 1.29 is 37.9 Å². The third-order valence-corrected chi connectivity index (χ3v) is 3.88. The first-order valence-electron chi connectivity index (χ1n) is 7.56. The highest BCUT2D eigenvalue weighted by atomic mass is 19.1. The Bertz CT molecular complexity index is 678. The van der Waals surface area contributed by atoms with E-state index in [0.29, 0.717) is 5.56 Å². The summed E-state index contributed by atoms with van der Waals surface area (Å²) in [5, 5.41) is 9.81. The highest BCUT2D eigenvalue weighted by Gasteiger charge is 2.54. The third kappa shape index (κ3) is 3.16. The van der Waals surface area contributed by atoms with Crippen molar-refractivity contribution in [3.8, 4) is 5.75 Å². The molecule has 0 amide bonds. The van der Waals surface area contributed by atoms with E-state index in [1.165, 1.54) is 6.07 Å². The number of hydrogen-bond donors (Lipinski definition) is 1. The predicted octanol–water partition coefficient (Wildman–Crippen LogP) is 2.23. The van der Waals surface area contributed by atoms with Crippen molar-refractivity contribution >= 4 is 19.2 Å². The van der Waals surface area contributed by atoms with Crippen LogP contribution in [0.25, 0.3) is 0 Å². The summed E-state index contributed by atoms with van der Waals surface area (Å²) >= 11 is 0. The van der Waals surface area contributed by atoms with Gasteiger partial charge in [-0.25, -0.2) is 14.0 Å². The van der Waals surface area contributed by atoms with Crippen molar-refractivity contribution in [3.05, 3.63) is 29.1 Å². The molecule has 2 atom stereocenters. The first-order valence-corrected chi connectivity index (χ1v) is 7.56.